The number of amides is 1. The fraction of sp³-hybridized carbons (Fsp3) is 0.188. The number of furan rings is 1. The molecule has 2 heterocycles. The van der Waals surface area contributed by atoms with E-state index < -0.39 is 0 Å². The zero-order valence-electron chi connectivity index (χ0n) is 12.5. The molecule has 0 fully saturated rings. The Labute approximate surface area is 142 Å². The predicted octanol–water partition coefficient (Wildman–Crippen LogP) is 4.24. The molecule has 0 saturated carbocycles. The number of carbonyl (C=O) groups excluding carboxylic acids is 1. The molecule has 1 N–H and O–H groups in total. The lowest BCUT2D eigenvalue weighted by atomic mass is 10.2. The molecule has 0 atom stereocenters. The first-order valence-corrected chi connectivity index (χ1v) is 8.94. The van der Waals surface area contributed by atoms with Gasteiger partial charge in [-0.3, -0.25) is 10.1 Å². The van der Waals surface area contributed by atoms with Crippen LogP contribution in [0, 0.1) is 0 Å². The highest BCUT2D eigenvalue weighted by Crippen LogP contribution is 2.27. The molecular formula is C16H15N3O2S2. The van der Waals surface area contributed by atoms with Crippen molar-refractivity contribution in [2.24, 2.45) is 0 Å². The van der Waals surface area contributed by atoms with Crippen molar-refractivity contribution in [3.8, 4) is 0 Å². The van der Waals surface area contributed by atoms with Gasteiger partial charge in [0.2, 0.25) is 5.13 Å². The third-order valence-corrected chi connectivity index (χ3v) is 5.15. The first-order chi connectivity index (χ1) is 11.3. The lowest BCUT2D eigenvalue weighted by Crippen LogP contribution is -2.12. The average Bonchev–Trinajstić information content (AvgIpc) is 3.24. The molecule has 23 heavy (non-hydrogen) atoms. The van der Waals surface area contributed by atoms with Gasteiger partial charge in [0.15, 0.2) is 0 Å². The van der Waals surface area contributed by atoms with E-state index in [0.29, 0.717) is 16.4 Å². The van der Waals surface area contributed by atoms with E-state index in [2.05, 4.69) is 15.5 Å². The Morgan fingerprint density at radius 3 is 2.87 bits per heavy atom. The van der Waals surface area contributed by atoms with Crippen LogP contribution in [-0.4, -0.2) is 16.1 Å². The average molecular weight is 345 g/mol. The number of thioether (sulfide) groups is 1. The third kappa shape index (κ3) is 4.00. The third-order valence-electron chi connectivity index (χ3n) is 3.07. The number of rotatable bonds is 6. The van der Waals surface area contributed by atoms with Crippen LogP contribution in [0.5, 0.6) is 0 Å². The summed E-state index contributed by atoms with van der Waals surface area (Å²) >= 11 is 2.96. The quantitative estimate of drug-likeness (QED) is 0.677. The summed E-state index contributed by atoms with van der Waals surface area (Å²) in [7, 11) is 0. The fourth-order valence-electron chi connectivity index (χ4n) is 1.94. The van der Waals surface area contributed by atoms with E-state index in [9.17, 15) is 4.79 Å². The van der Waals surface area contributed by atoms with Crippen molar-refractivity contribution in [1.82, 2.24) is 10.2 Å². The number of hydrogen-bond donors (Lipinski definition) is 1. The smallest absolute Gasteiger partial charge is 0.258 e. The van der Waals surface area contributed by atoms with E-state index >= 15 is 0 Å². The first-order valence-electron chi connectivity index (χ1n) is 7.14. The van der Waals surface area contributed by atoms with Crippen molar-refractivity contribution in [2.45, 2.75) is 24.0 Å². The fourth-order valence-corrected chi connectivity index (χ4v) is 3.56. The second-order valence-corrected chi connectivity index (χ2v) is 6.75. The molecule has 5 nitrogen and oxygen atoms in total. The molecule has 1 aromatic carbocycles. The molecule has 0 bridgehead atoms. The summed E-state index contributed by atoms with van der Waals surface area (Å²) in [5.41, 5.74) is 0.623. The lowest BCUT2D eigenvalue weighted by molar-refractivity contribution is 0.102. The van der Waals surface area contributed by atoms with Crippen molar-refractivity contribution in [3.63, 3.8) is 0 Å². The van der Waals surface area contributed by atoms with Crippen LogP contribution in [0.2, 0.25) is 0 Å². The van der Waals surface area contributed by atoms with Crippen LogP contribution in [0.4, 0.5) is 5.13 Å². The predicted molar refractivity (Wildman–Crippen MR) is 92.0 cm³/mol. The number of aryl methyl sites for hydroxylation is 1. The number of carbonyl (C=O) groups is 1. The number of aromatic nitrogens is 2. The maximum absolute atomic E-state index is 12.5. The summed E-state index contributed by atoms with van der Waals surface area (Å²) < 4.78 is 5.33. The molecule has 0 aliphatic rings. The second kappa shape index (κ2) is 7.43. The number of nitrogens with zero attached hydrogens (tertiary/aromatic N) is 2. The zero-order valence-corrected chi connectivity index (χ0v) is 14.1. The maximum Gasteiger partial charge on any atom is 0.258 e. The van der Waals surface area contributed by atoms with E-state index in [1.54, 1.807) is 18.0 Å². The number of anilines is 1. The van der Waals surface area contributed by atoms with Crippen LogP contribution in [0.1, 0.15) is 28.0 Å². The summed E-state index contributed by atoms with van der Waals surface area (Å²) in [6.45, 7) is 2.01. The van der Waals surface area contributed by atoms with Crippen LogP contribution in [0.15, 0.2) is 52.0 Å². The molecule has 0 radical (unpaired) electrons. The Kier molecular flexibility index (Phi) is 5.09. The van der Waals surface area contributed by atoms with Gasteiger partial charge in [-0.25, -0.2) is 0 Å². The van der Waals surface area contributed by atoms with E-state index in [-0.39, 0.29) is 5.91 Å². The molecule has 7 heteroatoms. The van der Waals surface area contributed by atoms with Gasteiger partial charge >= 0.3 is 0 Å². The molecule has 0 aliphatic carbocycles. The van der Waals surface area contributed by atoms with Crippen LogP contribution in [-0.2, 0) is 12.2 Å². The summed E-state index contributed by atoms with van der Waals surface area (Å²) in [5.74, 6) is 1.38. The molecule has 3 aromatic rings. The Balaban J connectivity index is 1.72. The molecule has 0 saturated heterocycles. The van der Waals surface area contributed by atoms with Gasteiger partial charge in [-0.2, -0.15) is 0 Å². The lowest BCUT2D eigenvalue weighted by Gasteiger charge is -2.07. The van der Waals surface area contributed by atoms with Crippen LogP contribution in [0.3, 0.4) is 0 Å². The van der Waals surface area contributed by atoms with Gasteiger partial charge in [0.05, 0.1) is 17.6 Å². The highest BCUT2D eigenvalue weighted by atomic mass is 32.2. The van der Waals surface area contributed by atoms with E-state index in [0.717, 1.165) is 22.1 Å². The summed E-state index contributed by atoms with van der Waals surface area (Å²) in [6, 6.07) is 11.3. The Hall–Kier alpha value is -2.12. The minimum absolute atomic E-state index is 0.175. The number of benzene rings is 1. The SMILES string of the molecule is CCc1nnc(NC(=O)c2ccccc2SCc2ccco2)s1. The van der Waals surface area contributed by atoms with Crippen molar-refractivity contribution in [1.29, 1.82) is 0 Å². The van der Waals surface area contributed by atoms with Gasteiger partial charge in [0, 0.05) is 4.90 Å². The van der Waals surface area contributed by atoms with Crippen molar-refractivity contribution in [3.05, 3.63) is 59.0 Å². The van der Waals surface area contributed by atoms with Crippen LogP contribution >= 0.6 is 23.1 Å². The van der Waals surface area contributed by atoms with E-state index in [1.165, 1.54) is 11.3 Å². The Bertz CT molecular complexity index is 784. The molecule has 2 aromatic heterocycles. The van der Waals surface area contributed by atoms with Crippen molar-refractivity contribution >= 4 is 34.1 Å². The van der Waals surface area contributed by atoms with E-state index in [1.807, 2.05) is 43.3 Å². The highest BCUT2D eigenvalue weighted by Gasteiger charge is 2.14. The maximum atomic E-state index is 12.5. The highest BCUT2D eigenvalue weighted by molar-refractivity contribution is 7.98. The molecule has 0 spiro atoms. The van der Waals surface area contributed by atoms with Gasteiger partial charge in [0.1, 0.15) is 10.8 Å². The standard InChI is InChI=1S/C16H15N3O2S2/c1-2-14-18-19-16(23-14)17-15(20)12-7-3-4-8-13(12)22-10-11-6-5-9-21-11/h3-9H,2,10H2,1H3,(H,17,19,20). The van der Waals surface area contributed by atoms with E-state index in [4.69, 9.17) is 4.42 Å². The molecule has 1 amide bonds. The number of nitrogens with one attached hydrogen (secondary N) is 1. The minimum atomic E-state index is -0.175. The van der Waals surface area contributed by atoms with Crippen molar-refractivity contribution in [2.75, 3.05) is 5.32 Å². The largest absolute Gasteiger partial charge is 0.468 e. The zero-order chi connectivity index (χ0) is 16.1. The molecule has 3 rings (SSSR count). The minimum Gasteiger partial charge on any atom is -0.468 e. The van der Waals surface area contributed by atoms with Crippen molar-refractivity contribution < 1.29 is 9.21 Å². The molecule has 118 valence electrons. The van der Waals surface area contributed by atoms with Gasteiger partial charge in [0.25, 0.3) is 5.91 Å². The van der Waals surface area contributed by atoms with Crippen LogP contribution in [0.25, 0.3) is 0 Å². The molecular weight excluding hydrogens is 330 g/mol. The Morgan fingerprint density at radius 2 is 2.13 bits per heavy atom. The second-order valence-electron chi connectivity index (χ2n) is 4.67. The first kappa shape index (κ1) is 15.8. The normalized spacial score (nSPS) is 10.7. The van der Waals surface area contributed by atoms with Gasteiger partial charge in [-0.05, 0) is 30.7 Å². The summed E-state index contributed by atoms with van der Waals surface area (Å²) in [5, 5.41) is 12.2. The van der Waals surface area contributed by atoms with Crippen LogP contribution < -0.4 is 5.32 Å². The van der Waals surface area contributed by atoms with Gasteiger partial charge in [-0.15, -0.1) is 22.0 Å². The molecule has 0 aliphatic heterocycles. The topological polar surface area (TPSA) is 68.0 Å². The van der Waals surface area contributed by atoms with Gasteiger partial charge < -0.3 is 4.42 Å². The van der Waals surface area contributed by atoms with Gasteiger partial charge in [-0.1, -0.05) is 30.4 Å². The summed E-state index contributed by atoms with van der Waals surface area (Å²) in [4.78, 5) is 13.4. The number of hydrogen-bond acceptors (Lipinski definition) is 6. The Morgan fingerprint density at radius 1 is 1.26 bits per heavy atom. The molecule has 0 unspecified atom stereocenters. The monoisotopic (exact) mass is 345 g/mol. The summed E-state index contributed by atoms with van der Waals surface area (Å²) in [6.07, 6.45) is 2.46.